The van der Waals surface area contributed by atoms with Gasteiger partial charge >= 0.3 is 0 Å². The third kappa shape index (κ3) is 3.46. The van der Waals surface area contributed by atoms with E-state index in [9.17, 15) is 13.2 Å². The van der Waals surface area contributed by atoms with Gasteiger partial charge in [-0.15, -0.1) is 4.40 Å². The minimum absolute atomic E-state index is 0.117. The van der Waals surface area contributed by atoms with Gasteiger partial charge in [0.1, 0.15) is 10.7 Å². The number of amides is 1. The fourth-order valence-electron chi connectivity index (χ4n) is 2.51. The number of carbonyl (C=O) groups excluding carboxylic acids is 1. The number of nitrogens with one attached hydrogen (secondary N) is 2. The third-order valence-electron chi connectivity index (χ3n) is 3.68. The van der Waals surface area contributed by atoms with Crippen LogP contribution in [0.3, 0.4) is 0 Å². The topological polar surface area (TPSA) is 87.6 Å². The van der Waals surface area contributed by atoms with E-state index in [4.69, 9.17) is 0 Å². The van der Waals surface area contributed by atoms with Crippen LogP contribution in [0, 0.1) is 0 Å². The maximum absolute atomic E-state index is 12.2. The first-order valence-electron chi connectivity index (χ1n) is 7.50. The van der Waals surface area contributed by atoms with Crippen molar-refractivity contribution in [2.24, 2.45) is 4.40 Å². The quantitative estimate of drug-likeness (QED) is 0.893. The molecule has 0 saturated carbocycles. The van der Waals surface area contributed by atoms with E-state index in [1.165, 1.54) is 6.07 Å². The summed E-state index contributed by atoms with van der Waals surface area (Å²) >= 11 is 0. The average Bonchev–Trinajstić information content (AvgIpc) is 2.55. The van der Waals surface area contributed by atoms with E-state index in [1.54, 1.807) is 18.2 Å². The van der Waals surface area contributed by atoms with E-state index in [2.05, 4.69) is 15.0 Å². The molecule has 1 atom stereocenters. The SMILES string of the molecule is CC(NC(=O)CC1=NS(=O)(=O)c2ccccc2N1)c1ccccc1. The molecular weight excluding hydrogens is 326 g/mol. The van der Waals surface area contributed by atoms with Gasteiger partial charge < -0.3 is 10.6 Å². The smallest absolute Gasteiger partial charge is 0.286 e. The molecule has 0 spiro atoms. The fraction of sp³-hybridized carbons (Fsp3) is 0.176. The van der Waals surface area contributed by atoms with E-state index in [0.29, 0.717) is 5.69 Å². The minimum Gasteiger partial charge on any atom is -0.349 e. The molecule has 0 fully saturated rings. The lowest BCUT2D eigenvalue weighted by atomic mass is 10.1. The second kappa shape index (κ2) is 6.45. The van der Waals surface area contributed by atoms with Crippen molar-refractivity contribution < 1.29 is 13.2 Å². The Morgan fingerprint density at radius 2 is 1.79 bits per heavy atom. The zero-order chi connectivity index (χ0) is 17.2. The molecule has 2 N–H and O–H groups in total. The molecule has 6 nitrogen and oxygen atoms in total. The predicted octanol–water partition coefficient (Wildman–Crippen LogP) is 2.47. The number of anilines is 1. The molecule has 24 heavy (non-hydrogen) atoms. The largest absolute Gasteiger partial charge is 0.349 e. The van der Waals surface area contributed by atoms with Crippen molar-refractivity contribution in [3.05, 3.63) is 60.2 Å². The molecule has 1 amide bonds. The summed E-state index contributed by atoms with van der Waals surface area (Å²) in [6.45, 7) is 1.87. The number of rotatable bonds is 4. The summed E-state index contributed by atoms with van der Waals surface area (Å²) in [5.41, 5.74) is 1.41. The molecule has 1 unspecified atom stereocenters. The monoisotopic (exact) mass is 343 g/mol. The standard InChI is InChI=1S/C17H17N3O3S/c1-12(13-7-3-2-4-8-13)18-17(21)11-16-19-14-9-5-6-10-15(14)24(22,23)20-16/h2-10,12H,11H2,1H3,(H,18,21)(H,19,20). The molecule has 0 aromatic heterocycles. The zero-order valence-electron chi connectivity index (χ0n) is 13.1. The van der Waals surface area contributed by atoms with Crippen molar-refractivity contribution in [2.45, 2.75) is 24.3 Å². The van der Waals surface area contributed by atoms with E-state index in [0.717, 1.165) is 5.56 Å². The Balaban J connectivity index is 1.71. The molecular formula is C17H17N3O3S. The van der Waals surface area contributed by atoms with Gasteiger partial charge in [-0.25, -0.2) is 0 Å². The second-order valence-corrected chi connectivity index (χ2v) is 7.08. The first-order valence-corrected chi connectivity index (χ1v) is 8.94. The Kier molecular flexibility index (Phi) is 4.35. The minimum atomic E-state index is -3.77. The van der Waals surface area contributed by atoms with Crippen molar-refractivity contribution in [1.82, 2.24) is 5.32 Å². The van der Waals surface area contributed by atoms with Crippen LogP contribution in [-0.2, 0) is 14.8 Å². The molecule has 1 heterocycles. The Hall–Kier alpha value is -2.67. The molecule has 0 radical (unpaired) electrons. The first kappa shape index (κ1) is 16.2. The highest BCUT2D eigenvalue weighted by Crippen LogP contribution is 2.27. The van der Waals surface area contributed by atoms with E-state index in [-0.39, 0.29) is 29.1 Å². The molecule has 7 heteroatoms. The fourth-order valence-corrected chi connectivity index (χ4v) is 3.66. The zero-order valence-corrected chi connectivity index (χ0v) is 13.9. The third-order valence-corrected chi connectivity index (χ3v) is 5.05. The first-order chi connectivity index (χ1) is 11.5. The van der Waals surface area contributed by atoms with Crippen LogP contribution in [0.5, 0.6) is 0 Å². The number of sulfonamides is 1. The number of hydrogen-bond acceptors (Lipinski definition) is 4. The molecule has 2 aromatic rings. The van der Waals surface area contributed by atoms with Crippen molar-refractivity contribution in [3.8, 4) is 0 Å². The normalized spacial score (nSPS) is 16.3. The number of nitrogens with zero attached hydrogens (tertiary/aromatic N) is 1. The van der Waals surface area contributed by atoms with Crippen molar-refractivity contribution in [3.63, 3.8) is 0 Å². The summed E-state index contributed by atoms with van der Waals surface area (Å²) in [6.07, 6.45) is -0.134. The maximum Gasteiger partial charge on any atom is 0.286 e. The van der Waals surface area contributed by atoms with E-state index < -0.39 is 10.0 Å². The lowest BCUT2D eigenvalue weighted by molar-refractivity contribution is -0.120. The summed E-state index contributed by atoms with van der Waals surface area (Å²) < 4.78 is 28.0. The van der Waals surface area contributed by atoms with Crippen LogP contribution in [0.25, 0.3) is 0 Å². The Bertz CT molecular complexity index is 892. The van der Waals surface area contributed by atoms with Crippen LogP contribution in [0.4, 0.5) is 5.69 Å². The molecule has 124 valence electrons. The van der Waals surface area contributed by atoms with Crippen LogP contribution in [0.2, 0.25) is 0 Å². The number of benzene rings is 2. The van der Waals surface area contributed by atoms with Gasteiger partial charge in [0.15, 0.2) is 0 Å². The van der Waals surface area contributed by atoms with Gasteiger partial charge in [0.2, 0.25) is 5.91 Å². The molecule has 0 aliphatic carbocycles. The Morgan fingerprint density at radius 1 is 1.12 bits per heavy atom. The maximum atomic E-state index is 12.2. The Morgan fingerprint density at radius 3 is 2.54 bits per heavy atom. The van der Waals surface area contributed by atoms with E-state index >= 15 is 0 Å². The highest BCUT2D eigenvalue weighted by atomic mass is 32.2. The van der Waals surface area contributed by atoms with E-state index in [1.807, 2.05) is 37.3 Å². The highest BCUT2D eigenvalue weighted by Gasteiger charge is 2.25. The predicted molar refractivity (Wildman–Crippen MR) is 92.3 cm³/mol. The second-order valence-electron chi connectivity index (χ2n) is 5.51. The summed E-state index contributed by atoms with van der Waals surface area (Å²) in [5.74, 6) is -0.182. The van der Waals surface area contributed by atoms with Crippen LogP contribution in [0.1, 0.15) is 24.9 Å². The highest BCUT2D eigenvalue weighted by molar-refractivity contribution is 7.90. The summed E-state index contributed by atoms with van der Waals surface area (Å²) in [4.78, 5) is 12.3. The number of carbonyl (C=O) groups is 1. The molecule has 0 bridgehead atoms. The lowest BCUT2D eigenvalue weighted by Gasteiger charge is -2.19. The molecule has 1 aliphatic heterocycles. The van der Waals surface area contributed by atoms with Crippen LogP contribution in [-0.4, -0.2) is 20.2 Å². The Labute approximate surface area is 140 Å². The van der Waals surface area contributed by atoms with Crippen molar-refractivity contribution in [1.29, 1.82) is 0 Å². The lowest BCUT2D eigenvalue weighted by Crippen LogP contribution is -2.32. The van der Waals surface area contributed by atoms with Gasteiger partial charge in [-0.2, -0.15) is 8.42 Å². The number of fused-ring (bicyclic) bond motifs is 1. The number of para-hydroxylation sites is 1. The molecule has 2 aromatic carbocycles. The summed E-state index contributed by atoms with van der Waals surface area (Å²) in [6, 6.07) is 15.8. The van der Waals surface area contributed by atoms with Gasteiger partial charge in [0, 0.05) is 0 Å². The van der Waals surface area contributed by atoms with Gasteiger partial charge in [-0.05, 0) is 24.6 Å². The summed E-state index contributed by atoms with van der Waals surface area (Å²) in [7, 11) is -3.77. The molecule has 1 aliphatic rings. The molecule has 0 saturated heterocycles. The average molecular weight is 343 g/mol. The van der Waals surface area contributed by atoms with Crippen LogP contribution < -0.4 is 10.6 Å². The van der Waals surface area contributed by atoms with Gasteiger partial charge in [0.25, 0.3) is 10.0 Å². The van der Waals surface area contributed by atoms with Crippen LogP contribution in [0.15, 0.2) is 63.9 Å². The van der Waals surface area contributed by atoms with Crippen LogP contribution >= 0.6 is 0 Å². The van der Waals surface area contributed by atoms with Gasteiger partial charge in [-0.3, -0.25) is 4.79 Å². The number of hydrogen-bond donors (Lipinski definition) is 2. The summed E-state index contributed by atoms with van der Waals surface area (Å²) in [5, 5.41) is 5.75. The van der Waals surface area contributed by atoms with Gasteiger partial charge in [0.05, 0.1) is 18.2 Å². The van der Waals surface area contributed by atoms with Crippen molar-refractivity contribution >= 4 is 27.5 Å². The van der Waals surface area contributed by atoms with Gasteiger partial charge in [-0.1, -0.05) is 42.5 Å². The molecule has 3 rings (SSSR count). The van der Waals surface area contributed by atoms with Crippen molar-refractivity contribution in [2.75, 3.05) is 5.32 Å². The number of amidine groups is 1.